The quantitative estimate of drug-likeness (QED) is 0.772. The molecule has 3 nitrogen and oxygen atoms in total. The van der Waals surface area contributed by atoms with E-state index in [1.165, 1.54) is 12.1 Å². The van der Waals surface area contributed by atoms with Crippen LogP contribution in [0.25, 0.3) is 10.9 Å². The van der Waals surface area contributed by atoms with Crippen LogP contribution in [-0.4, -0.2) is 10.5 Å². The highest BCUT2D eigenvalue weighted by atomic mass is 79.9. The molecule has 3 aromatic rings. The first kappa shape index (κ1) is 13.8. The molecule has 1 heterocycles. The normalized spacial score (nSPS) is 11.0. The molecule has 1 aromatic heterocycles. The Morgan fingerprint density at radius 2 is 1.95 bits per heavy atom. The van der Waals surface area contributed by atoms with E-state index >= 15 is 0 Å². The summed E-state index contributed by atoms with van der Waals surface area (Å²) in [7, 11) is 0. The van der Waals surface area contributed by atoms with Crippen LogP contribution < -0.4 is 5.73 Å². The number of halogens is 2. The summed E-state index contributed by atoms with van der Waals surface area (Å²) < 4.78 is 16.0. The van der Waals surface area contributed by atoms with Crippen molar-refractivity contribution in [1.82, 2.24) is 4.57 Å². The van der Waals surface area contributed by atoms with E-state index in [1.54, 1.807) is 16.7 Å². The highest BCUT2D eigenvalue weighted by molar-refractivity contribution is 9.10. The van der Waals surface area contributed by atoms with Gasteiger partial charge in [0.1, 0.15) is 11.5 Å². The number of nitrogens with zero attached hydrogens (tertiary/aromatic N) is 1. The van der Waals surface area contributed by atoms with Gasteiger partial charge in [-0.25, -0.2) is 4.39 Å². The highest BCUT2D eigenvalue weighted by Gasteiger charge is 2.15. The number of benzene rings is 2. The summed E-state index contributed by atoms with van der Waals surface area (Å²) in [5.74, 6) is -0.805. The van der Waals surface area contributed by atoms with Crippen LogP contribution in [0.15, 0.2) is 53.0 Å². The zero-order valence-electron chi connectivity index (χ0n) is 11.0. The van der Waals surface area contributed by atoms with E-state index in [0.29, 0.717) is 12.2 Å². The van der Waals surface area contributed by atoms with Crippen molar-refractivity contribution < 1.29 is 9.18 Å². The van der Waals surface area contributed by atoms with Crippen LogP contribution in [0.3, 0.4) is 0 Å². The van der Waals surface area contributed by atoms with Crippen molar-refractivity contribution in [2.24, 2.45) is 5.73 Å². The fraction of sp³-hybridized carbons (Fsp3) is 0.0625. The zero-order chi connectivity index (χ0) is 15.0. The van der Waals surface area contributed by atoms with Crippen LogP contribution >= 0.6 is 15.9 Å². The molecule has 5 heteroatoms. The number of aromatic nitrogens is 1. The predicted octanol–water partition coefficient (Wildman–Crippen LogP) is 3.69. The molecule has 106 valence electrons. The summed E-state index contributed by atoms with van der Waals surface area (Å²) in [5, 5.41) is 0.905. The van der Waals surface area contributed by atoms with Crippen molar-refractivity contribution in [3.8, 4) is 0 Å². The number of hydrogen-bond donors (Lipinski definition) is 1. The third kappa shape index (κ3) is 2.56. The molecule has 0 saturated heterocycles. The van der Waals surface area contributed by atoms with Crippen molar-refractivity contribution in [3.63, 3.8) is 0 Å². The Labute approximate surface area is 129 Å². The number of hydrogen-bond acceptors (Lipinski definition) is 1. The lowest BCUT2D eigenvalue weighted by atomic mass is 10.2. The Morgan fingerprint density at radius 3 is 2.67 bits per heavy atom. The first-order valence-corrected chi connectivity index (χ1v) is 7.17. The molecular formula is C16H12BrFN2O. The molecule has 0 spiro atoms. The molecule has 0 saturated carbocycles. The van der Waals surface area contributed by atoms with Crippen LogP contribution in [0, 0.1) is 5.82 Å². The van der Waals surface area contributed by atoms with E-state index in [2.05, 4.69) is 15.9 Å². The van der Waals surface area contributed by atoms with Gasteiger partial charge in [-0.3, -0.25) is 4.79 Å². The van der Waals surface area contributed by atoms with Gasteiger partial charge in [0.25, 0.3) is 5.91 Å². The van der Waals surface area contributed by atoms with Gasteiger partial charge in [-0.05, 0) is 35.9 Å². The lowest BCUT2D eigenvalue weighted by molar-refractivity contribution is 0.0992. The second-order valence-corrected chi connectivity index (χ2v) is 5.64. The third-order valence-corrected chi connectivity index (χ3v) is 4.07. The Bertz CT molecular complexity index is 841. The van der Waals surface area contributed by atoms with Crippen LogP contribution in [0.5, 0.6) is 0 Å². The minimum Gasteiger partial charge on any atom is -0.364 e. The summed E-state index contributed by atoms with van der Waals surface area (Å²) in [6.45, 7) is 0.385. The van der Waals surface area contributed by atoms with Gasteiger partial charge < -0.3 is 10.3 Å². The van der Waals surface area contributed by atoms with Crippen LogP contribution in [0.2, 0.25) is 0 Å². The third-order valence-electron chi connectivity index (χ3n) is 3.37. The number of nitrogens with two attached hydrogens (primary N) is 1. The van der Waals surface area contributed by atoms with Crippen molar-refractivity contribution in [1.29, 1.82) is 0 Å². The van der Waals surface area contributed by atoms with E-state index in [1.807, 2.05) is 24.3 Å². The molecule has 0 atom stereocenters. The Balaban J connectivity index is 2.18. The summed E-state index contributed by atoms with van der Waals surface area (Å²) >= 11 is 3.47. The van der Waals surface area contributed by atoms with Gasteiger partial charge in [-0.2, -0.15) is 0 Å². The van der Waals surface area contributed by atoms with E-state index in [9.17, 15) is 9.18 Å². The minimum atomic E-state index is -0.505. The monoisotopic (exact) mass is 346 g/mol. The van der Waals surface area contributed by atoms with Gasteiger partial charge in [-0.15, -0.1) is 0 Å². The maximum Gasteiger partial charge on any atom is 0.265 e. The van der Waals surface area contributed by atoms with Gasteiger partial charge >= 0.3 is 0 Å². The first-order valence-electron chi connectivity index (χ1n) is 6.38. The van der Waals surface area contributed by atoms with Crippen LogP contribution in [0.4, 0.5) is 4.39 Å². The number of rotatable bonds is 3. The Kier molecular flexibility index (Phi) is 3.51. The number of carbonyl (C=O) groups excluding carboxylic acids is 1. The topological polar surface area (TPSA) is 48.0 Å². The van der Waals surface area contributed by atoms with Gasteiger partial charge in [0.15, 0.2) is 0 Å². The lowest BCUT2D eigenvalue weighted by Crippen LogP contribution is -2.17. The van der Waals surface area contributed by atoms with Gasteiger partial charge in [-0.1, -0.05) is 34.1 Å². The van der Waals surface area contributed by atoms with Crippen molar-refractivity contribution in [2.75, 3.05) is 0 Å². The summed E-state index contributed by atoms with van der Waals surface area (Å²) in [6, 6.07) is 13.8. The lowest BCUT2D eigenvalue weighted by Gasteiger charge is -2.09. The van der Waals surface area contributed by atoms with Gasteiger partial charge in [0, 0.05) is 16.4 Å². The standard InChI is InChI=1S/C16H12BrFN2O/c17-13-5-2-6-14-12(13)8-15(16(19)21)20(14)9-10-3-1-4-11(18)7-10/h1-8H,9H2,(H2,19,21). The molecule has 0 fully saturated rings. The second-order valence-electron chi connectivity index (χ2n) is 4.78. The van der Waals surface area contributed by atoms with Crippen molar-refractivity contribution >= 4 is 32.7 Å². The Morgan fingerprint density at radius 1 is 1.19 bits per heavy atom. The van der Waals surface area contributed by atoms with E-state index in [-0.39, 0.29) is 5.82 Å². The molecule has 3 rings (SSSR count). The maximum absolute atomic E-state index is 13.3. The SMILES string of the molecule is NC(=O)c1cc2c(Br)cccc2n1Cc1cccc(F)c1. The molecule has 0 bridgehead atoms. The molecule has 0 aliphatic heterocycles. The second kappa shape index (κ2) is 5.33. The molecule has 0 aliphatic rings. The van der Waals surface area contributed by atoms with Gasteiger partial charge in [0.2, 0.25) is 0 Å². The van der Waals surface area contributed by atoms with Gasteiger partial charge in [0.05, 0.1) is 5.52 Å². The molecule has 2 N–H and O–H groups in total. The van der Waals surface area contributed by atoms with Crippen molar-refractivity contribution in [2.45, 2.75) is 6.54 Å². The first-order chi connectivity index (χ1) is 10.1. The van der Waals surface area contributed by atoms with E-state index in [0.717, 1.165) is 20.9 Å². The smallest absolute Gasteiger partial charge is 0.265 e. The Hall–Kier alpha value is -2.14. The molecule has 1 amide bonds. The minimum absolute atomic E-state index is 0.300. The fourth-order valence-corrected chi connectivity index (χ4v) is 2.91. The summed E-state index contributed by atoms with van der Waals surface area (Å²) in [5.41, 5.74) is 7.52. The van der Waals surface area contributed by atoms with E-state index in [4.69, 9.17) is 5.73 Å². The zero-order valence-corrected chi connectivity index (χ0v) is 12.6. The summed E-state index contributed by atoms with van der Waals surface area (Å²) in [6.07, 6.45) is 0. The van der Waals surface area contributed by atoms with Crippen LogP contribution in [-0.2, 0) is 6.54 Å². The molecular weight excluding hydrogens is 335 g/mol. The summed E-state index contributed by atoms with van der Waals surface area (Å²) in [4.78, 5) is 11.7. The highest BCUT2D eigenvalue weighted by Crippen LogP contribution is 2.28. The largest absolute Gasteiger partial charge is 0.364 e. The number of carbonyl (C=O) groups is 1. The molecule has 21 heavy (non-hydrogen) atoms. The number of primary amides is 1. The fourth-order valence-electron chi connectivity index (χ4n) is 2.44. The number of fused-ring (bicyclic) bond motifs is 1. The molecule has 0 radical (unpaired) electrons. The van der Waals surface area contributed by atoms with Crippen molar-refractivity contribution in [3.05, 3.63) is 70.1 Å². The van der Waals surface area contributed by atoms with Crippen LogP contribution in [0.1, 0.15) is 16.1 Å². The molecule has 0 unspecified atom stereocenters. The van der Waals surface area contributed by atoms with E-state index < -0.39 is 5.91 Å². The number of amides is 1. The average Bonchev–Trinajstić information content (AvgIpc) is 2.80. The molecule has 0 aliphatic carbocycles. The predicted molar refractivity (Wildman–Crippen MR) is 83.7 cm³/mol. The molecule has 2 aromatic carbocycles. The maximum atomic E-state index is 13.3. The average molecular weight is 347 g/mol.